The lowest BCUT2D eigenvalue weighted by Crippen LogP contribution is -1.92. The van der Waals surface area contributed by atoms with Crippen LogP contribution in [0, 0.1) is 20.8 Å². The number of imidazole rings is 2. The van der Waals surface area contributed by atoms with Gasteiger partial charge in [0.2, 0.25) is 0 Å². The fraction of sp³-hybridized carbons (Fsp3) is 0.455. The van der Waals surface area contributed by atoms with Crippen LogP contribution in [0.1, 0.15) is 17.2 Å². The summed E-state index contributed by atoms with van der Waals surface area (Å²) in [4.78, 5) is 8.30. The predicted octanol–water partition coefficient (Wildman–Crippen LogP) is 4.05. The minimum Gasteiger partial charge on any atom is -0.334 e. The molecule has 0 saturated carbocycles. The summed E-state index contributed by atoms with van der Waals surface area (Å²) < 4.78 is 6.71. The topological polar surface area (TPSA) is 35.6 Å². The van der Waals surface area contributed by atoms with Crippen molar-refractivity contribution in [3.05, 3.63) is 31.2 Å². The van der Waals surface area contributed by atoms with Crippen LogP contribution in [0.15, 0.2) is 13.9 Å². The molecule has 0 amide bonds. The van der Waals surface area contributed by atoms with Crippen molar-refractivity contribution in [2.24, 2.45) is 14.1 Å². The molecule has 0 saturated heterocycles. The van der Waals surface area contributed by atoms with Gasteiger partial charge in [-0.1, -0.05) is 0 Å². The summed E-state index contributed by atoms with van der Waals surface area (Å²) in [6, 6.07) is 0. The molecule has 100 valence electrons. The van der Waals surface area contributed by atoms with Gasteiger partial charge in [0.05, 0.1) is 0 Å². The highest BCUT2D eigenvalue weighted by molar-refractivity contribution is 9.11. The molecule has 0 spiro atoms. The van der Waals surface area contributed by atoms with Crippen LogP contribution in [0.2, 0.25) is 0 Å². The first kappa shape index (κ1) is 15.9. The molecule has 4 nitrogen and oxygen atoms in total. The number of hydrogen-bond donors (Lipinski definition) is 0. The molecule has 0 bridgehead atoms. The van der Waals surface area contributed by atoms with Crippen LogP contribution in [-0.2, 0) is 14.1 Å². The van der Waals surface area contributed by atoms with Crippen molar-refractivity contribution in [2.75, 3.05) is 0 Å². The second-order valence-corrected chi connectivity index (χ2v) is 6.12. The van der Waals surface area contributed by atoms with Crippen molar-refractivity contribution < 1.29 is 0 Å². The molecule has 0 aliphatic carbocycles. The highest BCUT2D eigenvalue weighted by Gasteiger charge is 2.04. The third-order valence-electron chi connectivity index (χ3n) is 2.82. The van der Waals surface area contributed by atoms with E-state index in [1.165, 1.54) is 5.69 Å². The third-order valence-corrected chi connectivity index (χ3v) is 5.03. The largest absolute Gasteiger partial charge is 0.334 e. The monoisotopic (exact) mass is 440 g/mol. The molecular formula is C11H15Br3N4. The summed E-state index contributed by atoms with van der Waals surface area (Å²) in [5.41, 5.74) is 2.30. The zero-order valence-corrected chi connectivity index (χ0v) is 15.7. The molecule has 2 heterocycles. The van der Waals surface area contributed by atoms with E-state index >= 15 is 0 Å². The first-order valence-electron chi connectivity index (χ1n) is 5.25. The molecule has 0 aliphatic rings. The maximum absolute atomic E-state index is 4.19. The Bertz CT molecular complexity index is 462. The maximum atomic E-state index is 4.19. The Kier molecular flexibility index (Phi) is 5.61. The first-order valence-corrected chi connectivity index (χ1v) is 7.63. The lowest BCUT2D eigenvalue weighted by molar-refractivity contribution is 0.827. The molecule has 0 fully saturated rings. The molecular weight excluding hydrogens is 428 g/mol. The second-order valence-electron chi connectivity index (χ2n) is 3.91. The fourth-order valence-corrected chi connectivity index (χ4v) is 2.83. The van der Waals surface area contributed by atoms with Crippen molar-refractivity contribution in [1.29, 1.82) is 0 Å². The lowest BCUT2D eigenvalue weighted by atomic mass is 10.5. The van der Waals surface area contributed by atoms with Gasteiger partial charge in [-0.15, -0.1) is 0 Å². The standard InChI is InChI=1S/C6H9BrN2.C5H6Br2N2/c1-4-6(7)8-5(2)9(4)3;1-3-4(6)8-5(7)9(3)2/h1-3H3;1-2H3. The summed E-state index contributed by atoms with van der Waals surface area (Å²) in [6.07, 6.45) is 0. The van der Waals surface area contributed by atoms with Crippen molar-refractivity contribution in [1.82, 2.24) is 19.1 Å². The molecule has 0 N–H and O–H groups in total. The Morgan fingerprint density at radius 2 is 1.22 bits per heavy atom. The Balaban J connectivity index is 0.000000180. The van der Waals surface area contributed by atoms with E-state index in [1.54, 1.807) is 0 Å². The van der Waals surface area contributed by atoms with Gasteiger partial charge in [-0.25, -0.2) is 9.97 Å². The Morgan fingerprint density at radius 3 is 1.33 bits per heavy atom. The lowest BCUT2D eigenvalue weighted by Gasteiger charge is -1.94. The zero-order chi connectivity index (χ0) is 14.0. The molecule has 2 aromatic heterocycles. The number of rotatable bonds is 0. The first-order chi connectivity index (χ1) is 8.25. The Hall–Kier alpha value is -0.140. The van der Waals surface area contributed by atoms with Gasteiger partial charge in [-0.2, -0.15) is 0 Å². The van der Waals surface area contributed by atoms with E-state index in [0.717, 1.165) is 25.5 Å². The predicted molar refractivity (Wildman–Crippen MR) is 83.7 cm³/mol. The van der Waals surface area contributed by atoms with Crippen molar-refractivity contribution in [3.8, 4) is 0 Å². The van der Waals surface area contributed by atoms with Gasteiger partial charge in [0.25, 0.3) is 0 Å². The highest BCUT2D eigenvalue weighted by Crippen LogP contribution is 2.18. The van der Waals surface area contributed by atoms with E-state index in [1.807, 2.05) is 44.0 Å². The van der Waals surface area contributed by atoms with Crippen LogP contribution in [-0.4, -0.2) is 19.1 Å². The smallest absolute Gasteiger partial charge is 0.178 e. The molecule has 7 heteroatoms. The van der Waals surface area contributed by atoms with Gasteiger partial charge in [-0.3, -0.25) is 0 Å². The maximum Gasteiger partial charge on any atom is 0.178 e. The van der Waals surface area contributed by atoms with Gasteiger partial charge >= 0.3 is 0 Å². The van der Waals surface area contributed by atoms with E-state index in [0.29, 0.717) is 0 Å². The van der Waals surface area contributed by atoms with E-state index < -0.39 is 0 Å². The van der Waals surface area contributed by atoms with E-state index in [-0.39, 0.29) is 0 Å². The average molecular weight is 443 g/mol. The minimum atomic E-state index is 0.854. The molecule has 2 rings (SSSR count). The van der Waals surface area contributed by atoms with Gasteiger partial charge < -0.3 is 9.13 Å². The molecule has 0 unspecified atom stereocenters. The van der Waals surface area contributed by atoms with E-state index in [2.05, 4.69) is 57.8 Å². The Labute approximate surface area is 132 Å². The van der Waals surface area contributed by atoms with Crippen LogP contribution in [0.25, 0.3) is 0 Å². The number of halogens is 3. The normalized spacial score (nSPS) is 10.2. The Morgan fingerprint density at radius 1 is 0.778 bits per heavy atom. The molecule has 18 heavy (non-hydrogen) atoms. The highest BCUT2D eigenvalue weighted by atomic mass is 79.9. The van der Waals surface area contributed by atoms with Gasteiger partial charge in [0.15, 0.2) is 4.73 Å². The second kappa shape index (κ2) is 6.34. The van der Waals surface area contributed by atoms with Crippen LogP contribution in [0.3, 0.4) is 0 Å². The third kappa shape index (κ3) is 3.45. The number of aromatic nitrogens is 4. The summed E-state index contributed by atoms with van der Waals surface area (Å²) in [5.74, 6) is 1.04. The molecule has 0 aliphatic heterocycles. The van der Waals surface area contributed by atoms with Gasteiger partial charge in [0.1, 0.15) is 15.0 Å². The van der Waals surface area contributed by atoms with Crippen molar-refractivity contribution >= 4 is 47.8 Å². The average Bonchev–Trinajstić information content (AvgIpc) is 2.66. The SMILES string of the molecule is Cc1c(Br)nc(Br)n1C.Cc1nc(Br)c(C)n1C. The summed E-state index contributed by atoms with van der Waals surface area (Å²) in [7, 11) is 3.96. The van der Waals surface area contributed by atoms with Crippen LogP contribution in [0.4, 0.5) is 0 Å². The molecule has 0 atom stereocenters. The minimum absolute atomic E-state index is 0.854. The fourth-order valence-electron chi connectivity index (χ4n) is 1.19. The van der Waals surface area contributed by atoms with Crippen LogP contribution >= 0.6 is 47.8 Å². The zero-order valence-electron chi connectivity index (χ0n) is 10.9. The summed E-state index contributed by atoms with van der Waals surface area (Å²) in [5, 5.41) is 0. The van der Waals surface area contributed by atoms with E-state index in [9.17, 15) is 0 Å². The summed E-state index contributed by atoms with van der Waals surface area (Å²) in [6.45, 7) is 6.02. The van der Waals surface area contributed by atoms with Crippen LogP contribution < -0.4 is 0 Å². The molecule has 0 aromatic carbocycles. The molecule has 0 radical (unpaired) electrons. The number of hydrogen-bond acceptors (Lipinski definition) is 2. The van der Waals surface area contributed by atoms with Crippen molar-refractivity contribution in [3.63, 3.8) is 0 Å². The number of aryl methyl sites for hydroxylation is 1. The quantitative estimate of drug-likeness (QED) is 0.617. The van der Waals surface area contributed by atoms with Crippen molar-refractivity contribution in [2.45, 2.75) is 20.8 Å². The van der Waals surface area contributed by atoms with Crippen LogP contribution in [0.5, 0.6) is 0 Å². The van der Waals surface area contributed by atoms with E-state index in [4.69, 9.17) is 0 Å². The molecule has 2 aromatic rings. The van der Waals surface area contributed by atoms with Gasteiger partial charge in [0, 0.05) is 25.5 Å². The van der Waals surface area contributed by atoms with Gasteiger partial charge in [-0.05, 0) is 68.6 Å². The number of nitrogens with zero attached hydrogens (tertiary/aromatic N) is 4. The summed E-state index contributed by atoms with van der Waals surface area (Å²) >= 11 is 9.93.